The zero-order valence-electron chi connectivity index (χ0n) is 11.3. The third kappa shape index (κ3) is 2.33. The lowest BCUT2D eigenvalue weighted by molar-refractivity contribution is -0.147. The van der Waals surface area contributed by atoms with Crippen molar-refractivity contribution < 1.29 is 19.1 Å². The summed E-state index contributed by atoms with van der Waals surface area (Å²) in [6, 6.07) is 1.11. The van der Waals surface area contributed by atoms with Crippen molar-refractivity contribution in [1.29, 1.82) is 5.26 Å². The van der Waals surface area contributed by atoms with Gasteiger partial charge in [-0.3, -0.25) is 14.5 Å². The fraction of sp³-hybridized carbons (Fsp3) is 0.692. The molecule has 3 amide bonds. The van der Waals surface area contributed by atoms with Crippen molar-refractivity contribution in [2.75, 3.05) is 13.2 Å². The summed E-state index contributed by atoms with van der Waals surface area (Å²) in [5, 5.41) is 11.1. The molecule has 2 atom stereocenters. The van der Waals surface area contributed by atoms with Crippen LogP contribution in [-0.2, 0) is 14.3 Å². The van der Waals surface area contributed by atoms with Gasteiger partial charge < -0.3 is 10.1 Å². The van der Waals surface area contributed by atoms with E-state index in [9.17, 15) is 14.4 Å². The number of amides is 3. The Bertz CT molecular complexity index is 484. The summed E-state index contributed by atoms with van der Waals surface area (Å²) in [6.45, 7) is 1.11. The number of imide groups is 1. The van der Waals surface area contributed by atoms with Crippen molar-refractivity contribution in [3.05, 3.63) is 0 Å². The van der Waals surface area contributed by atoms with E-state index >= 15 is 0 Å². The summed E-state index contributed by atoms with van der Waals surface area (Å²) in [6.07, 6.45) is 3.39. The van der Waals surface area contributed by atoms with Crippen LogP contribution in [0.25, 0.3) is 0 Å². The molecule has 1 aliphatic carbocycles. The summed E-state index contributed by atoms with van der Waals surface area (Å²) in [5.41, 5.74) is -0.870. The van der Waals surface area contributed by atoms with Crippen LogP contribution >= 0.6 is 0 Å². The first-order chi connectivity index (χ1) is 9.51. The van der Waals surface area contributed by atoms with Crippen molar-refractivity contribution >= 4 is 17.9 Å². The zero-order valence-corrected chi connectivity index (χ0v) is 11.3. The van der Waals surface area contributed by atoms with E-state index in [0.29, 0.717) is 6.42 Å². The number of rotatable bonds is 3. The number of ether oxygens (including phenoxy) is 1. The lowest BCUT2D eigenvalue weighted by Crippen LogP contribution is -2.54. The van der Waals surface area contributed by atoms with Crippen LogP contribution in [0.4, 0.5) is 4.79 Å². The molecule has 20 heavy (non-hydrogen) atoms. The SMILES string of the molecule is C[C@@H]1CCCC[C@@]12NC(=O)N(CC(=O)OCC#N)C2=O. The second-order valence-corrected chi connectivity index (χ2v) is 5.26. The van der Waals surface area contributed by atoms with Crippen LogP contribution in [0.15, 0.2) is 0 Å². The van der Waals surface area contributed by atoms with Gasteiger partial charge in [0.2, 0.25) is 0 Å². The minimum atomic E-state index is -0.870. The lowest BCUT2D eigenvalue weighted by atomic mass is 9.73. The summed E-state index contributed by atoms with van der Waals surface area (Å²) in [4.78, 5) is 36.8. The van der Waals surface area contributed by atoms with Gasteiger partial charge in [-0.1, -0.05) is 19.8 Å². The third-order valence-electron chi connectivity index (χ3n) is 4.09. The Hall–Kier alpha value is -2.10. The Labute approximate surface area is 116 Å². The van der Waals surface area contributed by atoms with Crippen molar-refractivity contribution in [2.24, 2.45) is 5.92 Å². The van der Waals surface area contributed by atoms with Crippen molar-refractivity contribution in [3.8, 4) is 6.07 Å². The first kappa shape index (κ1) is 14.3. The number of carbonyl (C=O) groups excluding carboxylic acids is 3. The number of hydrogen-bond acceptors (Lipinski definition) is 5. The highest BCUT2D eigenvalue weighted by Gasteiger charge is 2.55. The van der Waals surface area contributed by atoms with Crippen LogP contribution in [0.2, 0.25) is 0 Å². The largest absolute Gasteiger partial charge is 0.449 e. The van der Waals surface area contributed by atoms with E-state index in [2.05, 4.69) is 10.1 Å². The van der Waals surface area contributed by atoms with Crippen LogP contribution in [0.5, 0.6) is 0 Å². The van der Waals surface area contributed by atoms with E-state index in [1.807, 2.05) is 6.92 Å². The second kappa shape index (κ2) is 5.49. The molecule has 2 rings (SSSR count). The summed E-state index contributed by atoms with van der Waals surface area (Å²) < 4.78 is 4.58. The maximum Gasteiger partial charge on any atom is 0.327 e. The number of nitriles is 1. The minimum Gasteiger partial charge on any atom is -0.449 e. The summed E-state index contributed by atoms with van der Waals surface area (Å²) >= 11 is 0. The molecular weight excluding hydrogens is 262 g/mol. The predicted molar refractivity (Wildman–Crippen MR) is 67.2 cm³/mol. The molecule has 2 aliphatic rings. The fourth-order valence-corrected chi connectivity index (χ4v) is 2.93. The van der Waals surface area contributed by atoms with E-state index in [-0.39, 0.29) is 18.4 Å². The Morgan fingerprint density at radius 2 is 2.30 bits per heavy atom. The van der Waals surface area contributed by atoms with E-state index in [4.69, 9.17) is 5.26 Å². The highest BCUT2D eigenvalue weighted by molar-refractivity contribution is 6.08. The van der Waals surface area contributed by atoms with Gasteiger partial charge in [-0.05, 0) is 18.8 Å². The normalized spacial score (nSPS) is 29.2. The van der Waals surface area contributed by atoms with Crippen molar-refractivity contribution in [2.45, 2.75) is 38.1 Å². The van der Waals surface area contributed by atoms with Crippen LogP contribution in [0.1, 0.15) is 32.6 Å². The molecule has 0 unspecified atom stereocenters. The summed E-state index contributed by atoms with van der Waals surface area (Å²) in [5.74, 6) is -1.06. The molecule has 1 spiro atoms. The van der Waals surface area contributed by atoms with Crippen molar-refractivity contribution in [1.82, 2.24) is 10.2 Å². The van der Waals surface area contributed by atoms with E-state index < -0.39 is 24.1 Å². The smallest absolute Gasteiger partial charge is 0.327 e. The van der Waals surface area contributed by atoms with Gasteiger partial charge in [0.15, 0.2) is 6.61 Å². The van der Waals surface area contributed by atoms with Gasteiger partial charge in [0.05, 0.1) is 0 Å². The van der Waals surface area contributed by atoms with Gasteiger partial charge in [-0.2, -0.15) is 5.26 Å². The molecule has 7 nitrogen and oxygen atoms in total. The molecule has 0 bridgehead atoms. The van der Waals surface area contributed by atoms with E-state index in [0.717, 1.165) is 24.2 Å². The molecule has 0 aromatic carbocycles. The fourth-order valence-electron chi connectivity index (χ4n) is 2.93. The number of urea groups is 1. The molecule has 7 heteroatoms. The Morgan fingerprint density at radius 3 is 2.95 bits per heavy atom. The molecule has 2 fully saturated rings. The highest BCUT2D eigenvalue weighted by atomic mass is 16.5. The number of nitrogens with zero attached hydrogens (tertiary/aromatic N) is 2. The molecule has 0 radical (unpaired) electrons. The van der Waals surface area contributed by atoms with Gasteiger partial charge in [-0.15, -0.1) is 0 Å². The topological polar surface area (TPSA) is 99.5 Å². The van der Waals surface area contributed by atoms with Crippen LogP contribution in [0, 0.1) is 17.2 Å². The maximum absolute atomic E-state index is 12.5. The van der Waals surface area contributed by atoms with Gasteiger partial charge >= 0.3 is 12.0 Å². The lowest BCUT2D eigenvalue weighted by Gasteiger charge is -2.36. The first-order valence-electron chi connectivity index (χ1n) is 6.68. The van der Waals surface area contributed by atoms with Gasteiger partial charge in [-0.25, -0.2) is 4.79 Å². The Kier molecular flexibility index (Phi) is 3.93. The zero-order chi connectivity index (χ0) is 14.8. The van der Waals surface area contributed by atoms with E-state index in [1.165, 1.54) is 0 Å². The quantitative estimate of drug-likeness (QED) is 0.601. The molecular formula is C13H17N3O4. The average molecular weight is 279 g/mol. The molecule has 1 heterocycles. The number of esters is 1. The Morgan fingerprint density at radius 1 is 1.55 bits per heavy atom. The molecule has 1 saturated carbocycles. The highest BCUT2D eigenvalue weighted by Crippen LogP contribution is 2.38. The van der Waals surface area contributed by atoms with Crippen LogP contribution in [0.3, 0.4) is 0 Å². The van der Waals surface area contributed by atoms with Gasteiger partial charge in [0.25, 0.3) is 5.91 Å². The minimum absolute atomic E-state index is 0.0489. The van der Waals surface area contributed by atoms with Crippen LogP contribution in [-0.4, -0.2) is 41.5 Å². The maximum atomic E-state index is 12.5. The molecule has 1 N–H and O–H groups in total. The Balaban J connectivity index is 2.09. The monoisotopic (exact) mass is 279 g/mol. The second-order valence-electron chi connectivity index (χ2n) is 5.26. The number of carbonyl (C=O) groups is 3. The third-order valence-corrected chi connectivity index (χ3v) is 4.09. The number of nitrogens with one attached hydrogen (secondary N) is 1. The standard InChI is InChI=1S/C13H17N3O4/c1-9-4-2-3-5-13(9)11(18)16(12(19)15-13)8-10(17)20-7-6-14/h9H,2-5,7-8H2,1H3,(H,15,19)/t9-,13-/m1/s1. The van der Waals surface area contributed by atoms with Gasteiger partial charge in [0.1, 0.15) is 18.2 Å². The van der Waals surface area contributed by atoms with E-state index in [1.54, 1.807) is 6.07 Å². The van der Waals surface area contributed by atoms with Gasteiger partial charge in [0, 0.05) is 0 Å². The first-order valence-corrected chi connectivity index (χ1v) is 6.68. The molecule has 1 aliphatic heterocycles. The molecule has 108 valence electrons. The molecule has 0 aromatic rings. The molecule has 1 saturated heterocycles. The van der Waals surface area contributed by atoms with Crippen LogP contribution < -0.4 is 5.32 Å². The summed E-state index contributed by atoms with van der Waals surface area (Å²) in [7, 11) is 0. The predicted octanol–water partition coefficient (Wildman–Crippen LogP) is 0.554. The average Bonchev–Trinajstić information content (AvgIpc) is 2.65. The number of hydrogen-bond donors (Lipinski definition) is 1. The van der Waals surface area contributed by atoms with Crippen molar-refractivity contribution in [3.63, 3.8) is 0 Å². The molecule has 0 aromatic heterocycles.